The summed E-state index contributed by atoms with van der Waals surface area (Å²) in [6.07, 6.45) is 6.19. The average Bonchev–Trinajstić information content (AvgIpc) is 3.06. The van der Waals surface area contributed by atoms with Gasteiger partial charge >= 0.3 is 5.97 Å². The number of carbonyl (C=O) groups excluding carboxylic acids is 1. The highest BCUT2D eigenvalue weighted by molar-refractivity contribution is 7.11. The molecule has 1 aliphatic rings. The summed E-state index contributed by atoms with van der Waals surface area (Å²) in [7, 11) is 1.51. The Morgan fingerprint density at radius 3 is 2.62 bits per heavy atom. The largest absolute Gasteiger partial charge is 0.468 e. The van der Waals surface area contributed by atoms with Gasteiger partial charge in [-0.1, -0.05) is 39.3 Å². The molecule has 3 atom stereocenters. The zero-order valence-electron chi connectivity index (χ0n) is 13.5. The van der Waals surface area contributed by atoms with Gasteiger partial charge < -0.3 is 4.74 Å². The number of hydrogen-bond donors (Lipinski definition) is 0. The molecule has 0 N–H and O–H groups in total. The maximum absolute atomic E-state index is 12.4. The van der Waals surface area contributed by atoms with Crippen molar-refractivity contribution >= 4 is 22.9 Å². The van der Waals surface area contributed by atoms with E-state index in [0.29, 0.717) is 11.8 Å². The van der Waals surface area contributed by atoms with Crippen molar-refractivity contribution in [2.24, 2.45) is 17.3 Å². The Kier molecular flexibility index (Phi) is 5.26. The summed E-state index contributed by atoms with van der Waals surface area (Å²) < 4.78 is 5.13. The number of carbonyl (C=O) groups is 1. The quantitative estimate of drug-likeness (QED) is 0.703. The van der Waals surface area contributed by atoms with E-state index in [1.807, 2.05) is 0 Å². The molecule has 3 unspecified atom stereocenters. The first-order valence-corrected chi connectivity index (χ1v) is 8.84. The number of esters is 1. The number of ether oxygens (including phenoxy) is 1. The van der Waals surface area contributed by atoms with Crippen LogP contribution in [0.3, 0.4) is 0 Å². The van der Waals surface area contributed by atoms with Crippen LogP contribution in [-0.4, -0.2) is 13.1 Å². The molecule has 1 heterocycles. The molecule has 3 heteroatoms. The molecule has 0 amide bonds. The smallest absolute Gasteiger partial charge is 0.315 e. The van der Waals surface area contributed by atoms with E-state index in [2.05, 4.69) is 44.4 Å². The number of thiophene rings is 1. The van der Waals surface area contributed by atoms with E-state index >= 15 is 0 Å². The van der Waals surface area contributed by atoms with Crippen LogP contribution in [0.15, 0.2) is 23.6 Å². The van der Waals surface area contributed by atoms with Crippen molar-refractivity contribution in [1.82, 2.24) is 0 Å². The van der Waals surface area contributed by atoms with Gasteiger partial charge in [0.15, 0.2) is 0 Å². The SMILES string of the molecule is CCC1CC(CC)(C(=O)OC)C=C(c2cccs2)C1CC. The van der Waals surface area contributed by atoms with Crippen LogP contribution >= 0.6 is 11.3 Å². The van der Waals surface area contributed by atoms with Crippen LogP contribution in [-0.2, 0) is 9.53 Å². The van der Waals surface area contributed by atoms with Gasteiger partial charge in [-0.05, 0) is 48.1 Å². The zero-order valence-corrected chi connectivity index (χ0v) is 14.3. The van der Waals surface area contributed by atoms with Crippen molar-refractivity contribution in [2.45, 2.75) is 46.5 Å². The Labute approximate surface area is 132 Å². The van der Waals surface area contributed by atoms with Gasteiger partial charge in [-0.3, -0.25) is 4.79 Å². The summed E-state index contributed by atoms with van der Waals surface area (Å²) in [6.45, 7) is 6.59. The van der Waals surface area contributed by atoms with Gasteiger partial charge in [0.2, 0.25) is 0 Å². The van der Waals surface area contributed by atoms with Crippen LogP contribution in [0.2, 0.25) is 0 Å². The lowest BCUT2D eigenvalue weighted by Crippen LogP contribution is -2.38. The molecule has 0 bridgehead atoms. The molecule has 0 aliphatic heterocycles. The topological polar surface area (TPSA) is 26.3 Å². The van der Waals surface area contributed by atoms with E-state index in [-0.39, 0.29) is 5.97 Å². The number of rotatable bonds is 5. The first kappa shape index (κ1) is 16.3. The molecule has 0 saturated heterocycles. The third-order valence-corrected chi connectivity index (χ3v) is 5.94. The Balaban J connectivity index is 2.54. The van der Waals surface area contributed by atoms with E-state index < -0.39 is 5.41 Å². The van der Waals surface area contributed by atoms with Crippen LogP contribution in [0.5, 0.6) is 0 Å². The van der Waals surface area contributed by atoms with Crippen molar-refractivity contribution < 1.29 is 9.53 Å². The molecular weight excluding hydrogens is 280 g/mol. The van der Waals surface area contributed by atoms with Gasteiger partial charge in [0, 0.05) is 4.88 Å². The number of allylic oxidation sites excluding steroid dienone is 1. The first-order chi connectivity index (χ1) is 10.1. The Hall–Kier alpha value is -1.09. The average molecular weight is 306 g/mol. The van der Waals surface area contributed by atoms with Crippen LogP contribution in [0.4, 0.5) is 0 Å². The lowest BCUT2D eigenvalue weighted by molar-refractivity contribution is -0.151. The second kappa shape index (κ2) is 6.78. The molecule has 0 radical (unpaired) electrons. The fraction of sp³-hybridized carbons (Fsp3) is 0.611. The summed E-state index contributed by atoms with van der Waals surface area (Å²) in [4.78, 5) is 13.7. The number of hydrogen-bond acceptors (Lipinski definition) is 3. The third-order valence-electron chi connectivity index (χ3n) is 5.02. The zero-order chi connectivity index (χ0) is 15.5. The molecule has 0 saturated carbocycles. The highest BCUT2D eigenvalue weighted by Crippen LogP contribution is 2.50. The predicted octanol–water partition coefficient (Wildman–Crippen LogP) is 5.16. The lowest BCUT2D eigenvalue weighted by atomic mass is 9.64. The third kappa shape index (κ3) is 2.94. The van der Waals surface area contributed by atoms with Crippen molar-refractivity contribution in [3.8, 4) is 0 Å². The fourth-order valence-electron chi connectivity index (χ4n) is 3.74. The molecule has 1 aliphatic carbocycles. The summed E-state index contributed by atoms with van der Waals surface area (Å²) in [5, 5.41) is 2.12. The van der Waals surface area contributed by atoms with Crippen molar-refractivity contribution in [1.29, 1.82) is 0 Å². The van der Waals surface area contributed by atoms with Gasteiger partial charge in [0.05, 0.1) is 12.5 Å². The normalized spacial score (nSPS) is 29.0. The van der Waals surface area contributed by atoms with Crippen LogP contribution in [0.1, 0.15) is 51.3 Å². The Morgan fingerprint density at radius 1 is 1.38 bits per heavy atom. The maximum Gasteiger partial charge on any atom is 0.315 e. The monoisotopic (exact) mass is 306 g/mol. The van der Waals surface area contributed by atoms with E-state index in [0.717, 1.165) is 25.7 Å². The predicted molar refractivity (Wildman–Crippen MR) is 89.2 cm³/mol. The van der Waals surface area contributed by atoms with Crippen LogP contribution in [0.25, 0.3) is 5.57 Å². The molecule has 0 spiro atoms. The minimum absolute atomic E-state index is 0.0768. The molecule has 2 rings (SSSR count). The van der Waals surface area contributed by atoms with E-state index in [9.17, 15) is 4.79 Å². The van der Waals surface area contributed by atoms with E-state index in [1.165, 1.54) is 17.6 Å². The standard InChI is InChI=1S/C18H26O2S/c1-5-13-11-18(7-3,17(19)20-4)12-15(14(13)6-2)16-9-8-10-21-16/h8-10,12-14H,5-7,11H2,1-4H3. The summed E-state index contributed by atoms with van der Waals surface area (Å²) in [5.41, 5.74) is 0.915. The summed E-state index contributed by atoms with van der Waals surface area (Å²) >= 11 is 1.77. The number of methoxy groups -OCH3 is 1. The molecular formula is C18H26O2S. The second-order valence-corrected chi connectivity index (χ2v) is 6.91. The van der Waals surface area contributed by atoms with Gasteiger partial charge in [0.25, 0.3) is 0 Å². The lowest BCUT2D eigenvalue weighted by Gasteiger charge is -2.41. The summed E-state index contributed by atoms with van der Waals surface area (Å²) in [5.74, 6) is 1.03. The van der Waals surface area contributed by atoms with Crippen molar-refractivity contribution in [3.63, 3.8) is 0 Å². The van der Waals surface area contributed by atoms with E-state index in [1.54, 1.807) is 11.3 Å². The molecule has 0 aromatic carbocycles. The second-order valence-electron chi connectivity index (χ2n) is 5.97. The van der Waals surface area contributed by atoms with Gasteiger partial charge in [-0.2, -0.15) is 0 Å². The fourth-order valence-corrected chi connectivity index (χ4v) is 4.55. The molecule has 1 aromatic rings. The Morgan fingerprint density at radius 2 is 2.14 bits per heavy atom. The van der Waals surface area contributed by atoms with Crippen LogP contribution < -0.4 is 0 Å². The highest BCUT2D eigenvalue weighted by Gasteiger charge is 2.44. The van der Waals surface area contributed by atoms with E-state index in [4.69, 9.17) is 4.74 Å². The maximum atomic E-state index is 12.4. The van der Waals surface area contributed by atoms with Gasteiger partial charge in [-0.25, -0.2) is 0 Å². The molecule has 21 heavy (non-hydrogen) atoms. The molecule has 116 valence electrons. The van der Waals surface area contributed by atoms with Crippen molar-refractivity contribution in [2.75, 3.05) is 7.11 Å². The molecule has 0 fully saturated rings. The minimum Gasteiger partial charge on any atom is -0.468 e. The van der Waals surface area contributed by atoms with Gasteiger partial charge in [-0.15, -0.1) is 11.3 Å². The van der Waals surface area contributed by atoms with Crippen molar-refractivity contribution in [3.05, 3.63) is 28.5 Å². The first-order valence-electron chi connectivity index (χ1n) is 7.96. The Bertz CT molecular complexity index is 503. The van der Waals surface area contributed by atoms with Gasteiger partial charge in [0.1, 0.15) is 0 Å². The molecule has 1 aromatic heterocycles. The van der Waals surface area contributed by atoms with Crippen LogP contribution in [0, 0.1) is 17.3 Å². The highest BCUT2D eigenvalue weighted by atomic mass is 32.1. The minimum atomic E-state index is -0.444. The summed E-state index contributed by atoms with van der Waals surface area (Å²) in [6, 6.07) is 4.27. The molecule has 2 nitrogen and oxygen atoms in total.